The van der Waals surface area contributed by atoms with E-state index in [9.17, 15) is 4.79 Å². The lowest BCUT2D eigenvalue weighted by Gasteiger charge is -2.41. The molecular formula is C24H40N6O. The van der Waals surface area contributed by atoms with Gasteiger partial charge in [0.25, 0.3) is 5.91 Å². The van der Waals surface area contributed by atoms with E-state index in [0.717, 1.165) is 57.5 Å². The Morgan fingerprint density at radius 1 is 1.23 bits per heavy atom. The molecule has 0 radical (unpaired) electrons. The molecule has 3 N–H and O–H groups in total. The van der Waals surface area contributed by atoms with Crippen molar-refractivity contribution in [3.8, 4) is 0 Å². The number of hydrogen-bond acceptors (Lipinski definition) is 4. The fraction of sp³-hybridized carbons (Fsp3) is 0.792. The van der Waals surface area contributed by atoms with E-state index in [1.165, 1.54) is 38.5 Å². The summed E-state index contributed by atoms with van der Waals surface area (Å²) in [5.41, 5.74) is -0.569. The van der Waals surface area contributed by atoms with Gasteiger partial charge in [-0.15, -0.1) is 0 Å². The average Bonchev–Trinajstić information content (AvgIpc) is 3.40. The Morgan fingerprint density at radius 3 is 2.77 bits per heavy atom. The first kappa shape index (κ1) is 22.3. The van der Waals surface area contributed by atoms with Crippen molar-refractivity contribution in [1.82, 2.24) is 25.1 Å². The predicted octanol–water partition coefficient (Wildman–Crippen LogP) is 3.52. The molecule has 31 heavy (non-hydrogen) atoms. The highest BCUT2D eigenvalue weighted by molar-refractivity contribution is 6.07. The van der Waals surface area contributed by atoms with Crippen LogP contribution in [-0.2, 0) is 11.3 Å². The van der Waals surface area contributed by atoms with Crippen molar-refractivity contribution in [3.05, 3.63) is 18.7 Å². The Kier molecular flexibility index (Phi) is 7.31. The standard InChI is InChI=1S/C24H40N6O/c1-29-22(31)24(28-23(29)25,12-11-19-7-3-2-4-8-19)20-9-5-10-21(17-20)27-13-6-15-30-16-14-26-18-30/h14,16,18-21,27H,2-13,15,17H2,1H3,(H2,25,28)/t20-,21+,24-/m1/s1. The van der Waals surface area contributed by atoms with Gasteiger partial charge >= 0.3 is 0 Å². The van der Waals surface area contributed by atoms with Crippen LogP contribution in [-0.4, -0.2) is 51.5 Å². The van der Waals surface area contributed by atoms with Crippen LogP contribution in [0.15, 0.2) is 18.7 Å². The smallest absolute Gasteiger partial charge is 0.255 e. The number of guanidine groups is 1. The molecule has 0 aromatic carbocycles. The molecule has 7 nitrogen and oxygen atoms in total. The lowest BCUT2D eigenvalue weighted by Crippen LogP contribution is -2.56. The summed E-state index contributed by atoms with van der Waals surface area (Å²) in [6.07, 6.45) is 19.9. The summed E-state index contributed by atoms with van der Waals surface area (Å²) < 4.78 is 2.12. The average molecular weight is 429 g/mol. The van der Waals surface area contributed by atoms with E-state index < -0.39 is 5.54 Å². The molecule has 0 spiro atoms. The summed E-state index contributed by atoms with van der Waals surface area (Å²) in [5.74, 6) is 1.46. The van der Waals surface area contributed by atoms with Crippen LogP contribution in [0.4, 0.5) is 0 Å². The Hall–Kier alpha value is -1.89. The van der Waals surface area contributed by atoms with Gasteiger partial charge in [0.1, 0.15) is 5.54 Å². The first-order chi connectivity index (χ1) is 15.1. The number of aryl methyl sites for hydroxylation is 1. The topological polar surface area (TPSA) is 86.0 Å². The Bertz CT molecular complexity index is 728. The molecule has 0 unspecified atom stereocenters. The Morgan fingerprint density at radius 2 is 2.06 bits per heavy atom. The van der Waals surface area contributed by atoms with E-state index in [1.807, 2.05) is 18.7 Å². The zero-order chi connectivity index (χ0) is 21.7. The summed E-state index contributed by atoms with van der Waals surface area (Å²) in [6, 6.07) is 0.461. The summed E-state index contributed by atoms with van der Waals surface area (Å²) in [6.45, 7) is 1.97. The van der Waals surface area contributed by atoms with Crippen LogP contribution in [0.3, 0.4) is 0 Å². The molecule has 3 aliphatic rings. The van der Waals surface area contributed by atoms with Crippen molar-refractivity contribution in [2.75, 3.05) is 13.6 Å². The summed E-state index contributed by atoms with van der Waals surface area (Å²) in [5, 5.41) is 15.5. The summed E-state index contributed by atoms with van der Waals surface area (Å²) in [7, 11) is 1.76. The maximum absolute atomic E-state index is 13.4. The Labute approximate surface area is 186 Å². The maximum Gasteiger partial charge on any atom is 0.255 e. The van der Waals surface area contributed by atoms with Crippen LogP contribution in [0, 0.1) is 17.2 Å². The minimum atomic E-state index is -0.569. The number of nitrogens with one attached hydrogen (secondary N) is 3. The third kappa shape index (κ3) is 5.13. The zero-order valence-electron chi connectivity index (χ0n) is 19.1. The summed E-state index contributed by atoms with van der Waals surface area (Å²) >= 11 is 0. The van der Waals surface area contributed by atoms with Crippen LogP contribution in [0.25, 0.3) is 0 Å². The Balaban J connectivity index is 1.36. The molecule has 0 bridgehead atoms. The molecule has 3 atom stereocenters. The number of imidazole rings is 1. The van der Waals surface area contributed by atoms with Gasteiger partial charge in [-0.3, -0.25) is 15.1 Å². The molecule has 1 aliphatic heterocycles. The van der Waals surface area contributed by atoms with Crippen LogP contribution in [0.2, 0.25) is 0 Å². The first-order valence-electron chi connectivity index (χ1n) is 12.4. The third-order valence-electron chi connectivity index (χ3n) is 7.99. The van der Waals surface area contributed by atoms with Crippen molar-refractivity contribution in [1.29, 1.82) is 5.41 Å². The number of carbonyl (C=O) groups is 1. The molecule has 4 rings (SSSR count). The normalized spacial score (nSPS) is 30.0. The van der Waals surface area contributed by atoms with Crippen molar-refractivity contribution in [2.24, 2.45) is 11.8 Å². The molecule has 172 valence electrons. The van der Waals surface area contributed by atoms with Gasteiger partial charge in [0.05, 0.1) is 6.33 Å². The molecule has 7 heteroatoms. The predicted molar refractivity (Wildman–Crippen MR) is 123 cm³/mol. The van der Waals surface area contributed by atoms with E-state index in [0.29, 0.717) is 12.0 Å². The minimum Gasteiger partial charge on any atom is -0.341 e. The lowest BCUT2D eigenvalue weighted by atomic mass is 9.69. The molecule has 3 fully saturated rings. The van der Waals surface area contributed by atoms with Crippen molar-refractivity contribution in [2.45, 2.75) is 95.2 Å². The van der Waals surface area contributed by atoms with E-state index >= 15 is 0 Å². The van der Waals surface area contributed by atoms with Crippen LogP contribution < -0.4 is 10.6 Å². The molecule has 1 aromatic heterocycles. The number of aromatic nitrogens is 2. The van der Waals surface area contributed by atoms with Gasteiger partial charge in [0, 0.05) is 32.0 Å². The number of carbonyl (C=O) groups excluding carboxylic acids is 1. The van der Waals surface area contributed by atoms with Crippen LogP contribution in [0.5, 0.6) is 0 Å². The first-order valence-corrected chi connectivity index (χ1v) is 12.4. The fourth-order valence-corrected chi connectivity index (χ4v) is 6.12. The van der Waals surface area contributed by atoms with Crippen molar-refractivity contribution >= 4 is 11.9 Å². The number of amides is 1. The fourth-order valence-electron chi connectivity index (χ4n) is 6.12. The highest BCUT2D eigenvalue weighted by Gasteiger charge is 2.53. The number of nitrogens with zero attached hydrogens (tertiary/aromatic N) is 3. The number of hydrogen-bond donors (Lipinski definition) is 3. The number of likely N-dealkylation sites (N-methyl/N-ethyl adjacent to an activating group) is 1. The van der Waals surface area contributed by atoms with Crippen molar-refractivity contribution < 1.29 is 4.79 Å². The molecule has 1 amide bonds. The minimum absolute atomic E-state index is 0.124. The maximum atomic E-state index is 13.4. The second-order valence-corrected chi connectivity index (χ2v) is 10.0. The third-order valence-corrected chi connectivity index (χ3v) is 7.99. The van der Waals surface area contributed by atoms with Gasteiger partial charge in [-0.1, -0.05) is 38.5 Å². The van der Waals surface area contributed by atoms with Gasteiger partial charge in [0.2, 0.25) is 0 Å². The van der Waals surface area contributed by atoms with Gasteiger partial charge in [-0.05, 0) is 56.9 Å². The van der Waals surface area contributed by atoms with Gasteiger partial charge < -0.3 is 15.2 Å². The van der Waals surface area contributed by atoms with E-state index in [2.05, 4.69) is 20.2 Å². The van der Waals surface area contributed by atoms with E-state index in [4.69, 9.17) is 5.41 Å². The molecular weight excluding hydrogens is 388 g/mol. The quantitative estimate of drug-likeness (QED) is 0.525. The number of rotatable bonds is 9. The SMILES string of the molecule is CN1C(=N)N[C@](CCC2CCCCC2)([C@@H]2CCC[C@H](NCCCn3ccnc3)C2)C1=O. The lowest BCUT2D eigenvalue weighted by molar-refractivity contribution is -0.133. The molecule has 1 saturated heterocycles. The zero-order valence-corrected chi connectivity index (χ0v) is 19.1. The van der Waals surface area contributed by atoms with E-state index in [1.54, 1.807) is 11.9 Å². The highest BCUT2D eigenvalue weighted by Crippen LogP contribution is 2.41. The van der Waals surface area contributed by atoms with Gasteiger partial charge in [-0.25, -0.2) is 4.98 Å². The highest BCUT2D eigenvalue weighted by atomic mass is 16.2. The van der Waals surface area contributed by atoms with E-state index in [-0.39, 0.29) is 11.9 Å². The molecule has 1 aromatic rings. The van der Waals surface area contributed by atoms with Crippen LogP contribution >= 0.6 is 0 Å². The van der Waals surface area contributed by atoms with Crippen LogP contribution in [0.1, 0.15) is 77.0 Å². The van der Waals surface area contributed by atoms with Gasteiger partial charge in [0.15, 0.2) is 5.96 Å². The van der Waals surface area contributed by atoms with Gasteiger partial charge in [-0.2, -0.15) is 0 Å². The largest absolute Gasteiger partial charge is 0.341 e. The second kappa shape index (κ2) is 10.2. The monoisotopic (exact) mass is 428 g/mol. The van der Waals surface area contributed by atoms with Crippen molar-refractivity contribution in [3.63, 3.8) is 0 Å². The summed E-state index contributed by atoms with van der Waals surface area (Å²) in [4.78, 5) is 19.1. The molecule has 2 aliphatic carbocycles. The molecule has 2 saturated carbocycles. The molecule has 2 heterocycles. The second-order valence-electron chi connectivity index (χ2n) is 10.0.